The molecule has 1 aromatic heterocycles. The summed E-state index contributed by atoms with van der Waals surface area (Å²) in [5.74, 6) is 6.04. The molecule has 0 bridgehead atoms. The van der Waals surface area contributed by atoms with Crippen LogP contribution in [0.3, 0.4) is 0 Å². The third-order valence-corrected chi connectivity index (χ3v) is 2.49. The standard InChI is InChI=1S/C12H18N4O/c1-4-9(2)14-7-5-6-10-8-16(3)12(17)15-11(10)13/h8-9,14H,4,7H2,1-3H3,(H2,13,15,17). The predicted molar refractivity (Wildman–Crippen MR) is 68.5 cm³/mol. The number of nitrogens with one attached hydrogen (secondary N) is 1. The van der Waals surface area contributed by atoms with Gasteiger partial charge in [-0.2, -0.15) is 4.98 Å². The van der Waals surface area contributed by atoms with Crippen LogP contribution in [0.4, 0.5) is 5.82 Å². The van der Waals surface area contributed by atoms with Crippen molar-refractivity contribution < 1.29 is 0 Å². The van der Waals surface area contributed by atoms with Crippen molar-refractivity contribution in [3.8, 4) is 11.8 Å². The fourth-order valence-corrected chi connectivity index (χ4v) is 1.16. The molecule has 1 aromatic rings. The van der Waals surface area contributed by atoms with Gasteiger partial charge in [-0.1, -0.05) is 18.8 Å². The van der Waals surface area contributed by atoms with Crippen molar-refractivity contribution in [2.45, 2.75) is 26.3 Å². The highest BCUT2D eigenvalue weighted by Crippen LogP contribution is 2.01. The number of aryl methyl sites for hydroxylation is 1. The Morgan fingerprint density at radius 1 is 1.65 bits per heavy atom. The van der Waals surface area contributed by atoms with Gasteiger partial charge in [-0.25, -0.2) is 4.79 Å². The van der Waals surface area contributed by atoms with E-state index in [9.17, 15) is 4.79 Å². The first-order chi connectivity index (χ1) is 8.04. The van der Waals surface area contributed by atoms with E-state index in [0.29, 0.717) is 18.2 Å². The van der Waals surface area contributed by atoms with Crippen LogP contribution in [0, 0.1) is 11.8 Å². The number of nitrogens with two attached hydrogens (primary N) is 1. The second kappa shape index (κ2) is 6.06. The minimum atomic E-state index is -0.370. The van der Waals surface area contributed by atoms with Gasteiger partial charge in [-0.15, -0.1) is 0 Å². The molecule has 0 saturated heterocycles. The van der Waals surface area contributed by atoms with E-state index in [1.54, 1.807) is 13.2 Å². The largest absolute Gasteiger partial charge is 0.382 e. The van der Waals surface area contributed by atoms with Crippen molar-refractivity contribution in [2.75, 3.05) is 12.3 Å². The van der Waals surface area contributed by atoms with Gasteiger partial charge in [0.25, 0.3) is 0 Å². The first-order valence-corrected chi connectivity index (χ1v) is 5.60. The Bertz CT molecular complexity index is 495. The van der Waals surface area contributed by atoms with Crippen molar-refractivity contribution in [3.05, 3.63) is 22.2 Å². The van der Waals surface area contributed by atoms with Gasteiger partial charge >= 0.3 is 5.69 Å². The van der Waals surface area contributed by atoms with Crippen LogP contribution in [-0.4, -0.2) is 22.1 Å². The summed E-state index contributed by atoms with van der Waals surface area (Å²) in [7, 11) is 1.62. The summed E-state index contributed by atoms with van der Waals surface area (Å²) < 4.78 is 1.36. The fraction of sp³-hybridized carbons (Fsp3) is 0.500. The van der Waals surface area contributed by atoms with E-state index in [0.717, 1.165) is 6.42 Å². The van der Waals surface area contributed by atoms with Crippen molar-refractivity contribution in [3.63, 3.8) is 0 Å². The summed E-state index contributed by atoms with van der Waals surface area (Å²) in [6.45, 7) is 4.81. The lowest BCUT2D eigenvalue weighted by Gasteiger charge is -2.06. The zero-order valence-corrected chi connectivity index (χ0v) is 10.4. The Kier molecular flexibility index (Phi) is 4.73. The van der Waals surface area contributed by atoms with Crippen LogP contribution in [0.2, 0.25) is 0 Å². The zero-order valence-electron chi connectivity index (χ0n) is 10.4. The Labute approximate surface area is 101 Å². The molecule has 1 heterocycles. The number of nitrogen functional groups attached to an aromatic ring is 1. The third kappa shape index (κ3) is 3.93. The lowest BCUT2D eigenvalue weighted by Crippen LogP contribution is -2.25. The molecule has 0 aliphatic heterocycles. The highest BCUT2D eigenvalue weighted by Gasteiger charge is 2.00. The summed E-state index contributed by atoms with van der Waals surface area (Å²) in [5.41, 5.74) is 5.82. The second-order valence-corrected chi connectivity index (χ2v) is 3.93. The Balaban J connectivity index is 2.72. The lowest BCUT2D eigenvalue weighted by atomic mass is 10.2. The number of aromatic nitrogens is 2. The molecule has 0 spiro atoms. The maximum atomic E-state index is 11.2. The maximum Gasteiger partial charge on any atom is 0.349 e. The van der Waals surface area contributed by atoms with Crippen LogP contribution >= 0.6 is 0 Å². The van der Waals surface area contributed by atoms with Gasteiger partial charge in [-0.05, 0) is 13.3 Å². The average Bonchev–Trinajstić information content (AvgIpc) is 2.30. The topological polar surface area (TPSA) is 72.9 Å². The predicted octanol–water partition coefficient (Wildman–Crippen LogP) is 0.102. The van der Waals surface area contributed by atoms with E-state index >= 15 is 0 Å². The van der Waals surface area contributed by atoms with Crippen molar-refractivity contribution >= 4 is 5.82 Å². The van der Waals surface area contributed by atoms with Crippen LogP contribution in [0.1, 0.15) is 25.8 Å². The molecule has 1 rings (SSSR count). The van der Waals surface area contributed by atoms with E-state index < -0.39 is 0 Å². The number of hydrogen-bond acceptors (Lipinski definition) is 4. The normalized spacial score (nSPS) is 11.7. The Morgan fingerprint density at radius 2 is 2.35 bits per heavy atom. The SMILES string of the molecule is CCC(C)NCC#Cc1cn(C)c(=O)nc1N. The van der Waals surface area contributed by atoms with Gasteiger partial charge in [0, 0.05) is 19.3 Å². The minimum absolute atomic E-state index is 0.184. The van der Waals surface area contributed by atoms with Crippen molar-refractivity contribution in [2.24, 2.45) is 7.05 Å². The molecule has 5 nitrogen and oxygen atoms in total. The minimum Gasteiger partial charge on any atom is -0.382 e. The van der Waals surface area contributed by atoms with Gasteiger partial charge in [0.1, 0.15) is 5.82 Å². The van der Waals surface area contributed by atoms with E-state index in [2.05, 4.69) is 36.0 Å². The van der Waals surface area contributed by atoms with Gasteiger partial charge in [0.15, 0.2) is 0 Å². The lowest BCUT2D eigenvalue weighted by molar-refractivity contribution is 0.571. The zero-order chi connectivity index (χ0) is 12.8. The highest BCUT2D eigenvalue weighted by molar-refractivity contribution is 5.48. The molecule has 92 valence electrons. The number of anilines is 1. The smallest absolute Gasteiger partial charge is 0.349 e. The van der Waals surface area contributed by atoms with Gasteiger partial charge in [-0.3, -0.25) is 0 Å². The summed E-state index contributed by atoms with van der Waals surface area (Å²) >= 11 is 0. The van der Waals surface area contributed by atoms with E-state index in [-0.39, 0.29) is 11.5 Å². The first-order valence-electron chi connectivity index (χ1n) is 5.60. The summed E-state index contributed by atoms with van der Waals surface area (Å²) in [5, 5.41) is 3.24. The molecule has 0 radical (unpaired) electrons. The molecular weight excluding hydrogens is 216 g/mol. The Morgan fingerprint density at radius 3 is 3.00 bits per heavy atom. The van der Waals surface area contributed by atoms with Crippen molar-refractivity contribution in [1.29, 1.82) is 0 Å². The molecule has 0 aliphatic rings. The molecule has 0 fully saturated rings. The van der Waals surface area contributed by atoms with E-state index in [4.69, 9.17) is 5.73 Å². The highest BCUT2D eigenvalue weighted by atomic mass is 16.1. The monoisotopic (exact) mass is 234 g/mol. The fourth-order valence-electron chi connectivity index (χ4n) is 1.16. The van der Waals surface area contributed by atoms with Gasteiger partial charge in [0.05, 0.1) is 12.1 Å². The molecule has 1 unspecified atom stereocenters. The number of hydrogen-bond donors (Lipinski definition) is 2. The van der Waals surface area contributed by atoms with Crippen LogP contribution in [-0.2, 0) is 7.05 Å². The third-order valence-electron chi connectivity index (χ3n) is 2.49. The van der Waals surface area contributed by atoms with Crippen LogP contribution in [0.15, 0.2) is 11.0 Å². The molecule has 1 atom stereocenters. The van der Waals surface area contributed by atoms with E-state index in [1.165, 1.54) is 4.57 Å². The first kappa shape index (κ1) is 13.3. The summed E-state index contributed by atoms with van der Waals surface area (Å²) in [4.78, 5) is 14.8. The van der Waals surface area contributed by atoms with Crippen molar-refractivity contribution in [1.82, 2.24) is 14.9 Å². The second-order valence-electron chi connectivity index (χ2n) is 3.93. The van der Waals surface area contributed by atoms with Crippen LogP contribution < -0.4 is 16.7 Å². The molecule has 0 aliphatic carbocycles. The molecule has 3 N–H and O–H groups in total. The summed E-state index contributed by atoms with van der Waals surface area (Å²) in [6.07, 6.45) is 2.66. The maximum absolute atomic E-state index is 11.2. The van der Waals surface area contributed by atoms with Gasteiger partial charge in [0.2, 0.25) is 0 Å². The molecule has 0 amide bonds. The Hall–Kier alpha value is -1.80. The quantitative estimate of drug-likeness (QED) is 0.728. The number of rotatable bonds is 3. The molecule has 5 heteroatoms. The molecular formula is C12H18N4O. The summed E-state index contributed by atoms with van der Waals surface area (Å²) in [6, 6.07) is 0.444. The number of nitrogens with zero attached hydrogens (tertiary/aromatic N) is 2. The van der Waals surface area contributed by atoms with E-state index in [1.807, 2.05) is 0 Å². The molecule has 0 saturated carbocycles. The average molecular weight is 234 g/mol. The van der Waals surface area contributed by atoms with Crippen LogP contribution in [0.5, 0.6) is 0 Å². The molecule has 17 heavy (non-hydrogen) atoms. The van der Waals surface area contributed by atoms with Crippen LogP contribution in [0.25, 0.3) is 0 Å². The molecule has 0 aromatic carbocycles. The van der Waals surface area contributed by atoms with Gasteiger partial charge < -0.3 is 15.6 Å².